The number of rotatable bonds is 6. The van der Waals surface area contributed by atoms with Crippen molar-refractivity contribution >= 4 is 34.7 Å². The van der Waals surface area contributed by atoms with Crippen molar-refractivity contribution < 1.29 is 9.59 Å². The first-order chi connectivity index (χ1) is 14.2. The zero-order valence-electron chi connectivity index (χ0n) is 19.3. The van der Waals surface area contributed by atoms with Crippen LogP contribution < -0.4 is 5.32 Å². The molecule has 2 atom stereocenters. The summed E-state index contributed by atoms with van der Waals surface area (Å²) in [5.74, 6) is 1.15. The van der Waals surface area contributed by atoms with Gasteiger partial charge >= 0.3 is 0 Å². The number of carbonyl (C=O) groups excluding carboxylic acids is 2. The highest BCUT2D eigenvalue weighted by atomic mass is 127. The van der Waals surface area contributed by atoms with Gasteiger partial charge in [0.2, 0.25) is 11.8 Å². The lowest BCUT2D eigenvalue weighted by Gasteiger charge is -2.47. The molecule has 3 aliphatic heterocycles. The summed E-state index contributed by atoms with van der Waals surface area (Å²) in [5.41, 5.74) is 0.430. The van der Waals surface area contributed by atoms with E-state index in [0.29, 0.717) is 23.8 Å². The Hall–Kier alpha value is -0.410. The van der Waals surface area contributed by atoms with Crippen molar-refractivity contribution in [1.29, 1.82) is 0 Å². The molecule has 0 radical (unpaired) electrons. The van der Waals surface area contributed by atoms with Crippen LogP contribution >= 0.6 is 22.9 Å². The summed E-state index contributed by atoms with van der Waals surface area (Å²) in [6.07, 6.45) is 6.32. The van der Waals surface area contributed by atoms with Gasteiger partial charge in [-0.3, -0.25) is 9.59 Å². The number of piperidine rings is 2. The summed E-state index contributed by atoms with van der Waals surface area (Å²) in [7, 11) is 0. The van der Waals surface area contributed by atoms with Crippen LogP contribution in [0.15, 0.2) is 0 Å². The van der Waals surface area contributed by atoms with Gasteiger partial charge in [-0.05, 0) is 55.8 Å². The van der Waals surface area contributed by atoms with E-state index in [1.54, 1.807) is 0 Å². The van der Waals surface area contributed by atoms with Gasteiger partial charge in [-0.15, -0.1) is 0 Å². The maximum absolute atomic E-state index is 13.6. The van der Waals surface area contributed by atoms with Crippen LogP contribution in [0.25, 0.3) is 0 Å². The Morgan fingerprint density at radius 3 is 2.20 bits per heavy atom. The monoisotopic (exact) mass is 532 g/mol. The molecule has 1 spiro atoms. The molecule has 0 aromatic heterocycles. The molecule has 0 aliphatic carbocycles. The second kappa shape index (κ2) is 10.5. The average Bonchev–Trinajstić information content (AvgIpc) is 2.70. The van der Waals surface area contributed by atoms with Gasteiger partial charge in [-0.1, -0.05) is 27.7 Å². The number of amides is 2. The van der Waals surface area contributed by atoms with Crippen molar-refractivity contribution in [3.63, 3.8) is 0 Å². The largest absolute Gasteiger partial charge is 0.341 e. The topological polar surface area (TPSA) is 55.9 Å². The SMILES string of the molecule is CC(C)C[C@@H]1NCCN([C@@H](CC(C)C)C(=O)N2CCC3(CCN(I)CC3)CC2)C1=O. The molecule has 3 fully saturated rings. The van der Waals surface area contributed by atoms with Crippen LogP contribution in [-0.2, 0) is 9.59 Å². The number of hydrogen-bond acceptors (Lipinski definition) is 4. The molecule has 3 aliphatic rings. The number of nitrogens with one attached hydrogen (secondary N) is 1. The smallest absolute Gasteiger partial charge is 0.245 e. The van der Waals surface area contributed by atoms with Gasteiger partial charge in [-0.25, -0.2) is 3.11 Å². The zero-order valence-corrected chi connectivity index (χ0v) is 21.5. The van der Waals surface area contributed by atoms with E-state index in [0.717, 1.165) is 58.4 Å². The van der Waals surface area contributed by atoms with Crippen LogP contribution in [0.1, 0.15) is 66.2 Å². The van der Waals surface area contributed by atoms with Gasteiger partial charge in [0.15, 0.2) is 0 Å². The molecule has 1 N–H and O–H groups in total. The van der Waals surface area contributed by atoms with Crippen LogP contribution in [0.5, 0.6) is 0 Å². The standard InChI is InChI=1S/C23H41IN4O2/c1-17(2)15-19-21(29)28(14-9-25-19)20(16-18(3)4)22(30)26-10-5-23(6-11-26)7-12-27(24)13-8-23/h17-20,25H,5-16H2,1-4H3/t19-,20-/m0/s1. The molecular weight excluding hydrogens is 491 g/mol. The molecule has 30 heavy (non-hydrogen) atoms. The zero-order chi connectivity index (χ0) is 21.9. The lowest BCUT2D eigenvalue weighted by Crippen LogP contribution is -2.62. The Balaban J connectivity index is 1.66. The van der Waals surface area contributed by atoms with Crippen molar-refractivity contribution in [2.24, 2.45) is 17.3 Å². The number of hydrogen-bond donors (Lipinski definition) is 1. The molecule has 0 aromatic rings. The fourth-order valence-corrected chi connectivity index (χ4v) is 5.88. The third-order valence-corrected chi connectivity index (χ3v) is 8.26. The minimum Gasteiger partial charge on any atom is -0.341 e. The van der Waals surface area contributed by atoms with Crippen LogP contribution in [0, 0.1) is 17.3 Å². The third-order valence-electron chi connectivity index (χ3n) is 7.29. The highest BCUT2D eigenvalue weighted by Gasteiger charge is 2.42. The number of piperazine rings is 1. The van der Waals surface area contributed by atoms with Gasteiger partial charge in [0.25, 0.3) is 0 Å². The molecule has 0 unspecified atom stereocenters. The summed E-state index contributed by atoms with van der Waals surface area (Å²) in [5, 5.41) is 3.38. The minimum atomic E-state index is -0.306. The molecule has 3 rings (SSSR count). The molecule has 0 aromatic carbocycles. The van der Waals surface area contributed by atoms with Crippen LogP contribution in [0.2, 0.25) is 0 Å². The first-order valence-corrected chi connectivity index (χ1v) is 12.9. The third kappa shape index (κ3) is 5.88. The fraction of sp³-hybridized carbons (Fsp3) is 0.913. The van der Waals surface area contributed by atoms with Crippen molar-refractivity contribution in [3.8, 4) is 0 Å². The number of carbonyl (C=O) groups is 2. The Morgan fingerprint density at radius 2 is 1.63 bits per heavy atom. The molecule has 6 nitrogen and oxygen atoms in total. The van der Waals surface area contributed by atoms with Crippen LogP contribution in [0.4, 0.5) is 0 Å². The van der Waals surface area contributed by atoms with E-state index in [-0.39, 0.29) is 23.9 Å². The van der Waals surface area contributed by atoms with Gasteiger partial charge in [0, 0.05) is 62.1 Å². The highest BCUT2D eigenvalue weighted by Crippen LogP contribution is 2.42. The Morgan fingerprint density at radius 1 is 1.03 bits per heavy atom. The molecule has 3 heterocycles. The predicted octanol–water partition coefficient (Wildman–Crippen LogP) is 3.30. The molecule has 2 amide bonds. The van der Waals surface area contributed by atoms with Gasteiger partial charge in [0.1, 0.15) is 6.04 Å². The molecule has 0 saturated carbocycles. The predicted molar refractivity (Wildman–Crippen MR) is 129 cm³/mol. The number of likely N-dealkylation sites (tertiary alicyclic amines) is 1. The second-order valence-electron chi connectivity index (χ2n) is 10.5. The second-order valence-corrected chi connectivity index (χ2v) is 11.9. The summed E-state index contributed by atoms with van der Waals surface area (Å²) in [6.45, 7) is 14.1. The molecule has 7 heteroatoms. The van der Waals surface area contributed by atoms with E-state index in [1.165, 1.54) is 12.8 Å². The van der Waals surface area contributed by atoms with Gasteiger partial charge in [-0.2, -0.15) is 0 Å². The maximum Gasteiger partial charge on any atom is 0.245 e. The summed E-state index contributed by atoms with van der Waals surface area (Å²) in [4.78, 5) is 30.8. The van der Waals surface area contributed by atoms with Crippen LogP contribution in [0.3, 0.4) is 0 Å². The van der Waals surface area contributed by atoms with Crippen molar-refractivity contribution in [2.45, 2.75) is 78.3 Å². The summed E-state index contributed by atoms with van der Waals surface area (Å²) < 4.78 is 2.39. The van der Waals surface area contributed by atoms with Gasteiger partial charge < -0.3 is 15.1 Å². The Bertz CT molecular complexity index is 594. The van der Waals surface area contributed by atoms with E-state index in [9.17, 15) is 9.59 Å². The Labute approximate surface area is 197 Å². The highest BCUT2D eigenvalue weighted by molar-refractivity contribution is 14.1. The van der Waals surface area contributed by atoms with Gasteiger partial charge in [0.05, 0.1) is 6.04 Å². The van der Waals surface area contributed by atoms with Crippen LogP contribution in [-0.4, -0.2) is 76.1 Å². The lowest BCUT2D eigenvalue weighted by atomic mass is 9.71. The molecular formula is C23H41IN4O2. The first kappa shape index (κ1) is 24.2. The fourth-order valence-electron chi connectivity index (χ4n) is 5.40. The summed E-state index contributed by atoms with van der Waals surface area (Å²) >= 11 is 2.43. The lowest BCUT2D eigenvalue weighted by molar-refractivity contribution is -0.151. The van der Waals surface area contributed by atoms with Crippen molar-refractivity contribution in [3.05, 3.63) is 0 Å². The van der Waals surface area contributed by atoms with E-state index in [1.807, 2.05) is 4.90 Å². The molecule has 0 bridgehead atoms. The number of nitrogens with zero attached hydrogens (tertiary/aromatic N) is 3. The first-order valence-electron chi connectivity index (χ1n) is 11.9. The molecule has 172 valence electrons. The van der Waals surface area contributed by atoms with E-state index in [4.69, 9.17) is 0 Å². The quantitative estimate of drug-likeness (QED) is 0.422. The number of halogens is 1. The molecule has 3 saturated heterocycles. The van der Waals surface area contributed by atoms with Crippen molar-refractivity contribution in [2.75, 3.05) is 39.3 Å². The van der Waals surface area contributed by atoms with E-state index in [2.05, 4.69) is 63.9 Å². The minimum absolute atomic E-state index is 0.122. The average molecular weight is 533 g/mol. The Kier molecular flexibility index (Phi) is 8.46. The van der Waals surface area contributed by atoms with Crippen molar-refractivity contribution in [1.82, 2.24) is 18.2 Å². The van der Waals surface area contributed by atoms with E-state index >= 15 is 0 Å². The maximum atomic E-state index is 13.6. The van der Waals surface area contributed by atoms with E-state index < -0.39 is 0 Å². The normalized spacial score (nSPS) is 26.6. The summed E-state index contributed by atoms with van der Waals surface area (Å²) in [6, 6.07) is -0.455.